The number of aliphatic hydroxyl groups excluding tert-OH is 1. The molecule has 0 saturated heterocycles. The molecule has 0 aliphatic heterocycles. The molecule has 1 N–H and O–H groups in total. The zero-order valence-corrected chi connectivity index (χ0v) is 22.7. The summed E-state index contributed by atoms with van der Waals surface area (Å²) in [6.45, 7) is 18.8. The molecule has 1 heteroatoms. The zero-order chi connectivity index (χ0) is 23.7. The Morgan fingerprint density at radius 1 is 1.00 bits per heavy atom. The van der Waals surface area contributed by atoms with Gasteiger partial charge in [-0.1, -0.05) is 79.2 Å². The van der Waals surface area contributed by atoms with Gasteiger partial charge in [0.2, 0.25) is 0 Å². The maximum absolute atomic E-state index is 10.2. The van der Waals surface area contributed by atoms with Gasteiger partial charge in [-0.3, -0.25) is 0 Å². The topological polar surface area (TPSA) is 20.2 Å². The average molecular weight is 443 g/mol. The summed E-state index contributed by atoms with van der Waals surface area (Å²) in [5.74, 6) is 5.70. The fraction of sp³-hybridized carbons (Fsp3) is 0.871. The van der Waals surface area contributed by atoms with Crippen molar-refractivity contribution in [3.8, 4) is 0 Å². The van der Waals surface area contributed by atoms with E-state index in [9.17, 15) is 5.11 Å². The van der Waals surface area contributed by atoms with Crippen molar-refractivity contribution in [2.75, 3.05) is 0 Å². The van der Waals surface area contributed by atoms with E-state index >= 15 is 0 Å². The lowest BCUT2D eigenvalue weighted by Gasteiger charge is -2.58. The lowest BCUT2D eigenvalue weighted by Crippen LogP contribution is -2.50. The lowest BCUT2D eigenvalue weighted by molar-refractivity contribution is -0.0540. The van der Waals surface area contributed by atoms with Crippen LogP contribution < -0.4 is 0 Å². The van der Waals surface area contributed by atoms with Crippen molar-refractivity contribution in [1.29, 1.82) is 0 Å². The van der Waals surface area contributed by atoms with Crippen LogP contribution in [0.4, 0.5) is 0 Å². The van der Waals surface area contributed by atoms with Gasteiger partial charge in [0.15, 0.2) is 0 Å². The van der Waals surface area contributed by atoms with Gasteiger partial charge in [0, 0.05) is 0 Å². The molecule has 0 heterocycles. The minimum atomic E-state index is -0.0870. The Hall–Kier alpha value is -0.560. The van der Waals surface area contributed by atoms with Gasteiger partial charge in [0.05, 0.1) is 6.10 Å². The number of aliphatic hydroxyl groups is 1. The van der Waals surface area contributed by atoms with Gasteiger partial charge < -0.3 is 5.11 Å². The van der Waals surface area contributed by atoms with Gasteiger partial charge in [0.25, 0.3) is 0 Å². The van der Waals surface area contributed by atoms with Gasteiger partial charge in [-0.15, -0.1) is 0 Å². The van der Waals surface area contributed by atoms with Crippen molar-refractivity contribution < 1.29 is 5.11 Å². The van der Waals surface area contributed by atoms with E-state index in [1.807, 2.05) is 13.8 Å². The second-order valence-electron chi connectivity index (χ2n) is 12.4. The van der Waals surface area contributed by atoms with Crippen LogP contribution in [0.5, 0.6) is 0 Å². The van der Waals surface area contributed by atoms with E-state index in [4.69, 9.17) is 0 Å². The Balaban J connectivity index is 0.00000141. The van der Waals surface area contributed by atoms with Crippen molar-refractivity contribution in [3.63, 3.8) is 0 Å². The maximum Gasteiger partial charge on any atom is 0.0577 e. The second kappa shape index (κ2) is 10.4. The highest BCUT2D eigenvalue weighted by atomic mass is 16.3. The molecule has 0 aromatic rings. The molecule has 4 aliphatic rings. The number of fused-ring (bicyclic) bond motifs is 5. The van der Waals surface area contributed by atoms with Crippen LogP contribution in [0.1, 0.15) is 113 Å². The van der Waals surface area contributed by atoms with Crippen LogP contribution in [-0.4, -0.2) is 11.2 Å². The Morgan fingerprint density at radius 2 is 1.72 bits per heavy atom. The van der Waals surface area contributed by atoms with Crippen LogP contribution in [0, 0.1) is 52.3 Å². The Kier molecular flexibility index (Phi) is 8.44. The SMILES string of the molecule is CC.CCC(/C=C/[C@@H](C)C1CCC2C3CC=C4CC(O)CCC4(C)C3CCC21C)C(C)C. The van der Waals surface area contributed by atoms with Crippen molar-refractivity contribution in [2.24, 2.45) is 52.3 Å². The molecule has 4 aliphatic carbocycles. The number of hydrogen-bond donors (Lipinski definition) is 1. The largest absolute Gasteiger partial charge is 0.393 e. The summed E-state index contributed by atoms with van der Waals surface area (Å²) in [6.07, 6.45) is 19.1. The predicted molar refractivity (Wildman–Crippen MR) is 139 cm³/mol. The van der Waals surface area contributed by atoms with Crippen LogP contribution in [0.2, 0.25) is 0 Å². The normalized spacial score (nSPS) is 42.9. The van der Waals surface area contributed by atoms with E-state index in [0.717, 1.165) is 48.3 Å². The summed E-state index contributed by atoms with van der Waals surface area (Å²) in [7, 11) is 0. The first kappa shape index (κ1) is 26.1. The molecule has 3 saturated carbocycles. The monoisotopic (exact) mass is 442 g/mol. The molecular formula is C31H54O. The molecular weight excluding hydrogens is 388 g/mol. The molecule has 32 heavy (non-hydrogen) atoms. The van der Waals surface area contributed by atoms with E-state index in [2.05, 4.69) is 59.8 Å². The molecule has 0 bridgehead atoms. The molecule has 4 rings (SSSR count). The van der Waals surface area contributed by atoms with Crippen LogP contribution >= 0.6 is 0 Å². The molecule has 0 aromatic carbocycles. The second-order valence-corrected chi connectivity index (χ2v) is 12.4. The molecule has 1 nitrogen and oxygen atoms in total. The number of rotatable bonds is 5. The third kappa shape index (κ3) is 4.54. The first-order valence-electron chi connectivity index (χ1n) is 14.3. The summed E-state index contributed by atoms with van der Waals surface area (Å²) < 4.78 is 0. The van der Waals surface area contributed by atoms with Gasteiger partial charge in [-0.25, -0.2) is 0 Å². The summed E-state index contributed by atoms with van der Waals surface area (Å²) in [6, 6.07) is 0. The molecule has 0 amide bonds. The third-order valence-electron chi connectivity index (χ3n) is 10.8. The molecule has 0 aromatic heterocycles. The molecule has 9 atom stereocenters. The fourth-order valence-electron chi connectivity index (χ4n) is 8.83. The van der Waals surface area contributed by atoms with E-state index < -0.39 is 0 Å². The quantitative estimate of drug-likeness (QED) is 0.422. The van der Waals surface area contributed by atoms with E-state index in [-0.39, 0.29) is 6.10 Å². The minimum Gasteiger partial charge on any atom is -0.393 e. The first-order chi connectivity index (χ1) is 15.2. The predicted octanol–water partition coefficient (Wildman–Crippen LogP) is 8.83. The summed E-state index contributed by atoms with van der Waals surface area (Å²) >= 11 is 0. The minimum absolute atomic E-state index is 0.0870. The van der Waals surface area contributed by atoms with E-state index in [0.29, 0.717) is 16.7 Å². The lowest BCUT2D eigenvalue weighted by atomic mass is 9.47. The maximum atomic E-state index is 10.2. The number of hydrogen-bond acceptors (Lipinski definition) is 1. The average Bonchev–Trinajstić information content (AvgIpc) is 3.13. The highest BCUT2D eigenvalue weighted by Crippen LogP contribution is 2.67. The van der Waals surface area contributed by atoms with Crippen LogP contribution in [0.25, 0.3) is 0 Å². The van der Waals surface area contributed by atoms with E-state index in [1.165, 1.54) is 44.9 Å². The first-order valence-corrected chi connectivity index (χ1v) is 14.3. The van der Waals surface area contributed by atoms with Gasteiger partial charge in [0.1, 0.15) is 0 Å². The smallest absolute Gasteiger partial charge is 0.0577 e. The van der Waals surface area contributed by atoms with Crippen molar-refractivity contribution in [3.05, 3.63) is 23.8 Å². The molecule has 184 valence electrons. The van der Waals surface area contributed by atoms with Crippen molar-refractivity contribution in [2.45, 2.75) is 119 Å². The Labute approximate surface area is 200 Å². The van der Waals surface area contributed by atoms with Crippen LogP contribution in [-0.2, 0) is 0 Å². The third-order valence-corrected chi connectivity index (χ3v) is 10.8. The summed E-state index contributed by atoms with van der Waals surface area (Å²) in [4.78, 5) is 0. The number of allylic oxidation sites excluding steroid dienone is 3. The van der Waals surface area contributed by atoms with Gasteiger partial charge >= 0.3 is 0 Å². The summed E-state index contributed by atoms with van der Waals surface area (Å²) in [5.41, 5.74) is 2.51. The van der Waals surface area contributed by atoms with Crippen LogP contribution in [0.3, 0.4) is 0 Å². The molecule has 0 radical (unpaired) electrons. The molecule has 8 unspecified atom stereocenters. The highest BCUT2D eigenvalue weighted by molar-refractivity contribution is 5.25. The highest BCUT2D eigenvalue weighted by Gasteiger charge is 2.58. The Morgan fingerprint density at radius 3 is 2.38 bits per heavy atom. The Bertz CT molecular complexity index is 674. The fourth-order valence-corrected chi connectivity index (χ4v) is 8.83. The zero-order valence-electron chi connectivity index (χ0n) is 22.7. The summed E-state index contributed by atoms with van der Waals surface area (Å²) in [5, 5.41) is 10.2. The standard InChI is InChI=1S/C29H48O.C2H6/c1-7-21(19(2)3)9-8-20(4)25-12-13-26-24-11-10-22-18-23(30)14-16-28(22,5)27(24)15-17-29(25,26)6;1-2/h8-10,19-21,23-27,30H,7,11-18H2,1-6H3;1-2H3/b9-8+;/t20-,21?,23?,24?,25?,26?,27?,28?,29?;/m1./s1. The van der Waals surface area contributed by atoms with Crippen LogP contribution in [0.15, 0.2) is 23.8 Å². The molecule has 0 spiro atoms. The van der Waals surface area contributed by atoms with Gasteiger partial charge in [-0.2, -0.15) is 0 Å². The van der Waals surface area contributed by atoms with Crippen molar-refractivity contribution >= 4 is 0 Å². The van der Waals surface area contributed by atoms with Gasteiger partial charge in [-0.05, 0) is 110 Å². The van der Waals surface area contributed by atoms with Crippen molar-refractivity contribution in [1.82, 2.24) is 0 Å². The van der Waals surface area contributed by atoms with E-state index in [1.54, 1.807) is 5.57 Å². The molecule has 3 fully saturated rings.